The number of piperazine rings is 1. The monoisotopic (exact) mass is 328 g/mol. The van der Waals surface area contributed by atoms with Crippen LogP contribution < -0.4 is 0 Å². The van der Waals surface area contributed by atoms with E-state index in [4.69, 9.17) is 9.66 Å². The molecule has 94 valence electrons. The molecule has 0 unspecified atom stereocenters. The van der Waals surface area contributed by atoms with E-state index in [1.807, 2.05) is 4.90 Å². The van der Waals surface area contributed by atoms with Crippen LogP contribution in [0, 0.1) is 0 Å². The molecule has 1 aliphatic rings. The van der Waals surface area contributed by atoms with Crippen molar-refractivity contribution in [3.8, 4) is 0 Å². The van der Waals surface area contributed by atoms with Crippen molar-refractivity contribution < 1.29 is 20.9 Å². The normalized spacial score (nSPS) is 19.4. The van der Waals surface area contributed by atoms with Crippen LogP contribution in [0.5, 0.6) is 0 Å². The van der Waals surface area contributed by atoms with Crippen molar-refractivity contribution >= 4 is 55.6 Å². The van der Waals surface area contributed by atoms with Crippen molar-refractivity contribution in [2.45, 2.75) is 0 Å². The Labute approximate surface area is 137 Å². The number of aliphatic hydroxyl groups excluding tert-OH is 1. The summed E-state index contributed by atoms with van der Waals surface area (Å²) >= 11 is 0. The number of hydrogen-bond acceptors (Lipinski definition) is 5. The summed E-state index contributed by atoms with van der Waals surface area (Å²) in [5, 5.41) is 8.73. The topological polar surface area (TPSA) is 81.1 Å². The maximum atomic E-state index is 10.5. The van der Waals surface area contributed by atoms with Gasteiger partial charge in [0.25, 0.3) is 10.1 Å². The van der Waals surface area contributed by atoms with E-state index in [1.165, 1.54) is 0 Å². The van der Waals surface area contributed by atoms with Crippen LogP contribution in [0.25, 0.3) is 0 Å². The molecular weight excluding hydrogens is 308 g/mol. The summed E-state index contributed by atoms with van der Waals surface area (Å²) < 4.78 is 29.6. The van der Waals surface area contributed by atoms with E-state index in [9.17, 15) is 8.42 Å². The van der Waals surface area contributed by atoms with Gasteiger partial charge in [0.05, 0.1) is 12.4 Å². The van der Waals surface area contributed by atoms with Crippen LogP contribution in [0.2, 0.25) is 0 Å². The average Bonchev–Trinajstić information content (AvgIpc) is 2.16. The molecule has 0 aliphatic carbocycles. The molecule has 0 saturated carbocycles. The molecule has 0 aromatic rings. The average molecular weight is 328 g/mol. The van der Waals surface area contributed by atoms with E-state index in [2.05, 4.69) is 4.90 Å². The van der Waals surface area contributed by atoms with Crippen LogP contribution in [-0.4, -0.2) is 125 Å². The van der Waals surface area contributed by atoms with Gasteiger partial charge < -0.3 is 7.96 Å². The summed E-state index contributed by atoms with van der Waals surface area (Å²) in [5.74, 6) is -0.201. The minimum Gasteiger partial charge on any atom is -1.00 e. The molecule has 0 aromatic carbocycles. The third kappa shape index (κ3) is 7.57. The molecule has 0 atom stereocenters. The summed E-state index contributed by atoms with van der Waals surface area (Å²) in [6.07, 6.45) is 0. The molecule has 1 heterocycles. The maximum Gasteiger partial charge on any atom is 2.00 e. The number of rotatable bonds is 5. The Kier molecular flexibility index (Phi) is 9.05. The zero-order valence-electron chi connectivity index (χ0n) is 11.4. The quantitative estimate of drug-likeness (QED) is 0.464. The van der Waals surface area contributed by atoms with Gasteiger partial charge in [0.1, 0.15) is 0 Å². The first kappa shape index (κ1) is 17.3. The number of hydrogen-bond donors (Lipinski definition) is 2. The molecular formula is C8H20N2O4SSr. The number of nitrogens with zero attached hydrogens (tertiary/aromatic N) is 2. The molecule has 1 fully saturated rings. The van der Waals surface area contributed by atoms with E-state index in [1.54, 1.807) is 0 Å². The third-order valence-electron chi connectivity index (χ3n) is 2.55. The second-order valence-corrected chi connectivity index (χ2v) is 5.27. The SMILES string of the molecule is O=S(=O)(O)CCN1CCN(CCO)CC1.[H-].[H-].[Sr+2]. The number of aliphatic hydroxyl groups is 1. The Morgan fingerprint density at radius 3 is 1.88 bits per heavy atom. The largest absolute Gasteiger partial charge is 2.00 e. The Bertz CT molecular complexity index is 287. The Morgan fingerprint density at radius 2 is 1.50 bits per heavy atom. The smallest absolute Gasteiger partial charge is 1.00 e. The van der Waals surface area contributed by atoms with Crippen molar-refractivity contribution in [3.05, 3.63) is 0 Å². The van der Waals surface area contributed by atoms with Gasteiger partial charge in [0.15, 0.2) is 0 Å². The van der Waals surface area contributed by atoms with Crippen LogP contribution in [0.1, 0.15) is 2.85 Å². The van der Waals surface area contributed by atoms with Gasteiger partial charge in [-0.3, -0.25) is 14.4 Å². The van der Waals surface area contributed by atoms with E-state index >= 15 is 0 Å². The molecule has 0 bridgehead atoms. The van der Waals surface area contributed by atoms with Crippen LogP contribution in [0.15, 0.2) is 0 Å². The summed E-state index contributed by atoms with van der Waals surface area (Å²) in [6, 6.07) is 0. The fourth-order valence-corrected chi connectivity index (χ4v) is 2.11. The third-order valence-corrected chi connectivity index (χ3v) is 3.25. The molecule has 6 nitrogen and oxygen atoms in total. The Morgan fingerprint density at radius 1 is 1.06 bits per heavy atom. The molecule has 2 N–H and O–H groups in total. The first-order chi connectivity index (χ1) is 7.01. The van der Waals surface area contributed by atoms with Gasteiger partial charge in [-0.1, -0.05) is 0 Å². The predicted molar refractivity (Wildman–Crippen MR) is 64.4 cm³/mol. The van der Waals surface area contributed by atoms with E-state index in [0.717, 1.165) is 26.2 Å². The van der Waals surface area contributed by atoms with Crippen LogP contribution in [0.3, 0.4) is 0 Å². The summed E-state index contributed by atoms with van der Waals surface area (Å²) in [4.78, 5) is 4.13. The molecule has 1 saturated heterocycles. The van der Waals surface area contributed by atoms with Gasteiger partial charge in [-0.2, -0.15) is 8.42 Å². The van der Waals surface area contributed by atoms with E-state index in [-0.39, 0.29) is 60.7 Å². The maximum absolute atomic E-state index is 10.5. The van der Waals surface area contributed by atoms with E-state index in [0.29, 0.717) is 13.1 Å². The molecule has 16 heavy (non-hydrogen) atoms. The van der Waals surface area contributed by atoms with Gasteiger partial charge in [-0.15, -0.1) is 0 Å². The van der Waals surface area contributed by atoms with Crippen molar-refractivity contribution in [3.63, 3.8) is 0 Å². The Balaban J connectivity index is -0.000000750. The van der Waals surface area contributed by atoms with Gasteiger partial charge >= 0.3 is 45.5 Å². The molecule has 0 aromatic heterocycles. The predicted octanol–water partition coefficient (Wildman–Crippen LogP) is -1.67. The summed E-state index contributed by atoms with van der Waals surface area (Å²) in [7, 11) is -3.84. The zero-order valence-corrected chi connectivity index (χ0v) is 13.7. The molecule has 0 radical (unpaired) electrons. The Hall–Kier alpha value is 1.27. The zero-order chi connectivity index (χ0) is 11.3. The molecule has 0 amide bonds. The fraction of sp³-hybridized carbons (Fsp3) is 1.00. The van der Waals surface area contributed by atoms with Gasteiger partial charge in [-0.05, 0) is 0 Å². The first-order valence-corrected chi connectivity index (χ1v) is 6.63. The van der Waals surface area contributed by atoms with Gasteiger partial charge in [-0.25, -0.2) is 0 Å². The van der Waals surface area contributed by atoms with Crippen molar-refractivity contribution in [2.24, 2.45) is 0 Å². The molecule has 8 heteroatoms. The standard InChI is InChI=1S/C8H18N2O4S.Sr.2H/c11-7-5-9-1-3-10(4-2-9)6-8-15(12,13)14;;;/h11H,1-8H2,(H,12,13,14);;;/q;+2;2*-1. The molecule has 1 rings (SSSR count). The van der Waals surface area contributed by atoms with Crippen molar-refractivity contribution in [2.75, 3.05) is 51.6 Å². The summed E-state index contributed by atoms with van der Waals surface area (Å²) in [5.41, 5.74) is 0. The van der Waals surface area contributed by atoms with Gasteiger partial charge in [0.2, 0.25) is 0 Å². The second kappa shape index (κ2) is 8.39. The van der Waals surface area contributed by atoms with E-state index < -0.39 is 10.1 Å². The van der Waals surface area contributed by atoms with Crippen LogP contribution in [-0.2, 0) is 10.1 Å². The number of β-amino-alcohol motifs (C(OH)–C–C–N with tert-alkyl or cyclic N) is 1. The second-order valence-electron chi connectivity index (χ2n) is 3.69. The first-order valence-electron chi connectivity index (χ1n) is 5.02. The minimum absolute atomic E-state index is 0. The van der Waals surface area contributed by atoms with Crippen molar-refractivity contribution in [1.82, 2.24) is 9.80 Å². The van der Waals surface area contributed by atoms with Crippen LogP contribution in [0.4, 0.5) is 0 Å². The summed E-state index contributed by atoms with van der Waals surface area (Å²) in [6.45, 7) is 4.46. The minimum atomic E-state index is -3.84. The molecule has 1 aliphatic heterocycles. The van der Waals surface area contributed by atoms with Crippen LogP contribution >= 0.6 is 0 Å². The van der Waals surface area contributed by atoms with Gasteiger partial charge in [0, 0.05) is 39.3 Å². The molecule has 0 spiro atoms. The van der Waals surface area contributed by atoms with Crippen molar-refractivity contribution in [1.29, 1.82) is 0 Å². The fourth-order valence-electron chi connectivity index (χ4n) is 1.62.